The van der Waals surface area contributed by atoms with Crippen LogP contribution in [0.25, 0.3) is 0 Å². The van der Waals surface area contributed by atoms with Gasteiger partial charge in [0.05, 0.1) is 0 Å². The Morgan fingerprint density at radius 2 is 1.94 bits per heavy atom. The van der Waals surface area contributed by atoms with Crippen LogP contribution in [0.3, 0.4) is 0 Å². The molecule has 1 N–H and O–H groups in total. The van der Waals surface area contributed by atoms with Gasteiger partial charge in [0.25, 0.3) is 0 Å². The number of fused-ring (bicyclic) bond motifs is 1. The standard InChI is InChI=1S/C15H28N2/c1-2-16-13-8-9-14(11-13)17-10-4-6-12-5-3-7-15(12)17/h12-16H,2-11H2,1H3. The van der Waals surface area contributed by atoms with Gasteiger partial charge in [0.1, 0.15) is 0 Å². The van der Waals surface area contributed by atoms with Gasteiger partial charge in [-0.15, -0.1) is 0 Å². The van der Waals surface area contributed by atoms with Crippen LogP contribution in [0.1, 0.15) is 58.3 Å². The summed E-state index contributed by atoms with van der Waals surface area (Å²) in [5, 5.41) is 3.65. The maximum absolute atomic E-state index is 3.65. The predicted molar refractivity (Wildman–Crippen MR) is 72.2 cm³/mol. The van der Waals surface area contributed by atoms with Gasteiger partial charge < -0.3 is 5.32 Å². The van der Waals surface area contributed by atoms with E-state index in [9.17, 15) is 0 Å². The third-order valence-corrected chi connectivity index (χ3v) is 5.40. The molecule has 0 radical (unpaired) electrons. The van der Waals surface area contributed by atoms with Gasteiger partial charge >= 0.3 is 0 Å². The third kappa shape index (κ3) is 2.39. The number of rotatable bonds is 3. The molecular formula is C15H28N2. The number of likely N-dealkylation sites (tertiary alicyclic amines) is 1. The van der Waals surface area contributed by atoms with Crippen molar-refractivity contribution in [2.45, 2.75) is 76.4 Å². The van der Waals surface area contributed by atoms with Gasteiger partial charge in [-0.05, 0) is 64.0 Å². The average molecular weight is 236 g/mol. The Labute approximate surface area is 106 Å². The van der Waals surface area contributed by atoms with Crippen molar-refractivity contribution in [3.8, 4) is 0 Å². The van der Waals surface area contributed by atoms with Crippen molar-refractivity contribution < 1.29 is 0 Å². The minimum atomic E-state index is 0.812. The van der Waals surface area contributed by atoms with Crippen molar-refractivity contribution >= 4 is 0 Å². The highest BCUT2D eigenvalue weighted by molar-refractivity contribution is 4.95. The molecule has 0 aromatic carbocycles. The Hall–Kier alpha value is -0.0800. The van der Waals surface area contributed by atoms with E-state index in [1.54, 1.807) is 0 Å². The van der Waals surface area contributed by atoms with Gasteiger partial charge in [0, 0.05) is 18.1 Å². The zero-order chi connectivity index (χ0) is 11.7. The van der Waals surface area contributed by atoms with Crippen molar-refractivity contribution in [2.75, 3.05) is 13.1 Å². The number of piperidine rings is 1. The predicted octanol–water partition coefficient (Wildman–Crippen LogP) is 2.78. The summed E-state index contributed by atoms with van der Waals surface area (Å²) >= 11 is 0. The molecule has 0 aromatic rings. The molecule has 0 bridgehead atoms. The van der Waals surface area contributed by atoms with Crippen LogP contribution >= 0.6 is 0 Å². The van der Waals surface area contributed by atoms with Crippen LogP contribution in [-0.2, 0) is 0 Å². The minimum Gasteiger partial charge on any atom is -0.314 e. The summed E-state index contributed by atoms with van der Waals surface area (Å²) < 4.78 is 0. The molecule has 2 saturated carbocycles. The van der Waals surface area contributed by atoms with Crippen LogP contribution in [0.4, 0.5) is 0 Å². The maximum atomic E-state index is 3.65. The molecule has 1 saturated heterocycles. The van der Waals surface area contributed by atoms with Crippen LogP contribution in [-0.4, -0.2) is 36.1 Å². The number of hydrogen-bond donors (Lipinski definition) is 1. The molecule has 0 aromatic heterocycles. The SMILES string of the molecule is CCNC1CCC(N2CCCC3CCCC32)C1. The van der Waals surface area contributed by atoms with Crippen molar-refractivity contribution in [3.05, 3.63) is 0 Å². The first-order valence-corrected chi connectivity index (χ1v) is 7.87. The van der Waals surface area contributed by atoms with Crippen LogP contribution in [0.2, 0.25) is 0 Å². The molecule has 1 aliphatic heterocycles. The molecule has 3 rings (SSSR count). The molecule has 2 nitrogen and oxygen atoms in total. The van der Waals surface area contributed by atoms with Crippen LogP contribution in [0.5, 0.6) is 0 Å². The fourth-order valence-electron chi connectivity index (χ4n) is 4.68. The van der Waals surface area contributed by atoms with Crippen molar-refractivity contribution in [1.29, 1.82) is 0 Å². The molecule has 3 aliphatic rings. The Morgan fingerprint density at radius 1 is 1.06 bits per heavy atom. The van der Waals surface area contributed by atoms with E-state index in [0.717, 1.165) is 30.6 Å². The van der Waals surface area contributed by atoms with Crippen molar-refractivity contribution in [3.63, 3.8) is 0 Å². The number of nitrogens with zero attached hydrogens (tertiary/aromatic N) is 1. The van der Waals surface area contributed by atoms with E-state index in [1.807, 2.05) is 0 Å². The summed E-state index contributed by atoms with van der Waals surface area (Å²) in [6.45, 7) is 4.77. The smallest absolute Gasteiger partial charge is 0.0126 e. The fraction of sp³-hybridized carbons (Fsp3) is 1.00. The summed E-state index contributed by atoms with van der Waals surface area (Å²) in [6, 6.07) is 2.69. The molecule has 0 amide bonds. The summed E-state index contributed by atoms with van der Waals surface area (Å²) in [6.07, 6.45) is 11.8. The van der Waals surface area contributed by atoms with E-state index < -0.39 is 0 Å². The van der Waals surface area contributed by atoms with E-state index in [1.165, 1.54) is 57.9 Å². The van der Waals surface area contributed by atoms with E-state index in [-0.39, 0.29) is 0 Å². The highest BCUT2D eigenvalue weighted by Crippen LogP contribution is 2.40. The van der Waals surface area contributed by atoms with Crippen LogP contribution in [0, 0.1) is 5.92 Å². The lowest BCUT2D eigenvalue weighted by atomic mass is 9.90. The van der Waals surface area contributed by atoms with Crippen LogP contribution < -0.4 is 5.32 Å². The first kappa shape index (κ1) is 12.0. The molecule has 2 heteroatoms. The average Bonchev–Trinajstić information content (AvgIpc) is 2.96. The van der Waals surface area contributed by atoms with Gasteiger partial charge in [-0.2, -0.15) is 0 Å². The number of nitrogens with one attached hydrogen (secondary N) is 1. The van der Waals surface area contributed by atoms with E-state index >= 15 is 0 Å². The van der Waals surface area contributed by atoms with Gasteiger partial charge in [0.2, 0.25) is 0 Å². The highest BCUT2D eigenvalue weighted by atomic mass is 15.2. The second-order valence-electron chi connectivity index (χ2n) is 6.36. The summed E-state index contributed by atoms with van der Waals surface area (Å²) in [4.78, 5) is 2.92. The van der Waals surface area contributed by atoms with Crippen molar-refractivity contribution in [2.24, 2.45) is 5.92 Å². The molecular weight excluding hydrogens is 208 g/mol. The highest BCUT2D eigenvalue weighted by Gasteiger charge is 2.40. The summed E-state index contributed by atoms with van der Waals surface area (Å²) in [5.74, 6) is 1.06. The monoisotopic (exact) mass is 236 g/mol. The van der Waals surface area contributed by atoms with Gasteiger partial charge in [-0.1, -0.05) is 13.3 Å². The molecule has 4 unspecified atom stereocenters. The summed E-state index contributed by atoms with van der Waals surface area (Å²) in [5.41, 5.74) is 0. The molecule has 1 heterocycles. The van der Waals surface area contributed by atoms with Crippen LogP contribution in [0.15, 0.2) is 0 Å². The van der Waals surface area contributed by atoms with E-state index in [0.29, 0.717) is 0 Å². The Bertz CT molecular complexity index is 253. The number of hydrogen-bond acceptors (Lipinski definition) is 2. The molecule has 3 fully saturated rings. The second-order valence-corrected chi connectivity index (χ2v) is 6.36. The lowest BCUT2D eigenvalue weighted by Gasteiger charge is -2.41. The first-order chi connectivity index (χ1) is 8.38. The topological polar surface area (TPSA) is 15.3 Å². The lowest BCUT2D eigenvalue weighted by molar-refractivity contribution is 0.0688. The first-order valence-electron chi connectivity index (χ1n) is 7.87. The third-order valence-electron chi connectivity index (χ3n) is 5.40. The van der Waals surface area contributed by atoms with Gasteiger partial charge in [0.15, 0.2) is 0 Å². The molecule has 2 aliphatic carbocycles. The van der Waals surface area contributed by atoms with Gasteiger partial charge in [-0.25, -0.2) is 0 Å². The maximum Gasteiger partial charge on any atom is 0.0126 e. The van der Waals surface area contributed by atoms with E-state index in [2.05, 4.69) is 17.1 Å². The molecule has 0 spiro atoms. The molecule has 17 heavy (non-hydrogen) atoms. The summed E-state index contributed by atoms with van der Waals surface area (Å²) in [7, 11) is 0. The molecule has 98 valence electrons. The largest absolute Gasteiger partial charge is 0.314 e. The van der Waals surface area contributed by atoms with E-state index in [4.69, 9.17) is 0 Å². The lowest BCUT2D eigenvalue weighted by Crippen LogP contribution is -2.48. The zero-order valence-electron chi connectivity index (χ0n) is 11.3. The Morgan fingerprint density at radius 3 is 2.82 bits per heavy atom. The van der Waals surface area contributed by atoms with Gasteiger partial charge in [-0.3, -0.25) is 4.90 Å². The van der Waals surface area contributed by atoms with Crippen molar-refractivity contribution in [1.82, 2.24) is 10.2 Å². The second kappa shape index (κ2) is 5.27. The Balaban J connectivity index is 1.60. The fourth-order valence-corrected chi connectivity index (χ4v) is 4.68. The minimum absolute atomic E-state index is 0.812. The normalized spacial score (nSPS) is 42.9. The quantitative estimate of drug-likeness (QED) is 0.810. The zero-order valence-corrected chi connectivity index (χ0v) is 11.3. The molecule has 4 atom stereocenters. The Kier molecular flexibility index (Phi) is 3.72.